The number of carboxylic acids is 1. The number of rotatable bonds is 5. The van der Waals surface area contributed by atoms with Crippen LogP contribution in [-0.2, 0) is 11.2 Å². The van der Waals surface area contributed by atoms with Crippen molar-refractivity contribution in [2.24, 2.45) is 5.92 Å². The van der Waals surface area contributed by atoms with Gasteiger partial charge >= 0.3 is 18.0 Å². The Kier molecular flexibility index (Phi) is 5.84. The second kappa shape index (κ2) is 7.87. The predicted octanol–water partition coefficient (Wildman–Crippen LogP) is 1.96. The van der Waals surface area contributed by atoms with E-state index in [0.717, 1.165) is 17.7 Å². The lowest BCUT2D eigenvalue weighted by Gasteiger charge is -2.21. The van der Waals surface area contributed by atoms with Gasteiger partial charge in [-0.2, -0.15) is 0 Å². The van der Waals surface area contributed by atoms with Crippen molar-refractivity contribution in [2.75, 3.05) is 36.9 Å². The first-order chi connectivity index (χ1) is 11.8. The molecule has 0 bridgehead atoms. The van der Waals surface area contributed by atoms with Gasteiger partial charge in [-0.05, 0) is 31.0 Å². The van der Waals surface area contributed by atoms with Gasteiger partial charge in [0.05, 0.1) is 11.6 Å². The summed E-state index contributed by atoms with van der Waals surface area (Å²) in [7, 11) is 1.54. The molecule has 3 N–H and O–H groups in total. The van der Waals surface area contributed by atoms with E-state index in [1.54, 1.807) is 31.0 Å². The lowest BCUT2D eigenvalue weighted by Crippen LogP contribution is -2.39. The molecule has 0 aliphatic carbocycles. The van der Waals surface area contributed by atoms with E-state index in [4.69, 9.17) is 5.11 Å². The van der Waals surface area contributed by atoms with E-state index in [1.165, 1.54) is 4.90 Å². The summed E-state index contributed by atoms with van der Waals surface area (Å²) in [4.78, 5) is 38.2. The molecular weight excluding hydrogens is 324 g/mol. The van der Waals surface area contributed by atoms with Gasteiger partial charge in [-0.1, -0.05) is 13.0 Å². The van der Waals surface area contributed by atoms with E-state index < -0.39 is 17.9 Å². The third-order valence-electron chi connectivity index (χ3n) is 4.12. The molecule has 0 saturated heterocycles. The topological polar surface area (TPSA) is 102 Å². The minimum atomic E-state index is -0.949. The van der Waals surface area contributed by atoms with Crippen LogP contribution < -0.4 is 15.5 Å². The van der Waals surface area contributed by atoms with Crippen molar-refractivity contribution >= 4 is 29.4 Å². The van der Waals surface area contributed by atoms with Crippen LogP contribution in [0.5, 0.6) is 0 Å². The fraction of sp³-hybridized carbons (Fsp3) is 0.471. The molecule has 0 spiro atoms. The maximum absolute atomic E-state index is 12.2. The summed E-state index contributed by atoms with van der Waals surface area (Å²) in [5, 5.41) is 14.4. The molecule has 1 aliphatic heterocycles. The zero-order valence-corrected chi connectivity index (χ0v) is 14.7. The van der Waals surface area contributed by atoms with Gasteiger partial charge in [-0.25, -0.2) is 9.59 Å². The minimum Gasteiger partial charge on any atom is -0.481 e. The Labute approximate surface area is 146 Å². The number of nitrogens with one attached hydrogen (secondary N) is 2. The summed E-state index contributed by atoms with van der Waals surface area (Å²) in [5.41, 5.74) is 2.40. The molecule has 8 heteroatoms. The summed E-state index contributed by atoms with van der Waals surface area (Å²) in [6.07, 6.45) is 0.775. The number of urea groups is 2. The van der Waals surface area contributed by atoms with Crippen molar-refractivity contribution in [1.82, 2.24) is 10.2 Å². The van der Waals surface area contributed by atoms with Crippen LogP contribution in [-0.4, -0.2) is 54.7 Å². The summed E-state index contributed by atoms with van der Waals surface area (Å²) in [6, 6.07) is 4.90. The molecule has 8 nitrogen and oxygen atoms in total. The third kappa shape index (κ3) is 4.40. The van der Waals surface area contributed by atoms with E-state index in [-0.39, 0.29) is 12.6 Å². The maximum Gasteiger partial charge on any atom is 0.321 e. The number of nitrogens with zero attached hydrogens (tertiary/aromatic N) is 2. The molecule has 0 aromatic heterocycles. The predicted molar refractivity (Wildman–Crippen MR) is 95.0 cm³/mol. The number of hydrogen-bond acceptors (Lipinski definition) is 3. The Balaban J connectivity index is 2.07. The SMILES string of the molecule is CCNC(=O)N1CCc2ccc(NC(=O)N(C)CC(C)C(=O)O)cc21. The fourth-order valence-corrected chi connectivity index (χ4v) is 2.71. The summed E-state index contributed by atoms with van der Waals surface area (Å²) >= 11 is 0. The number of fused-ring (bicyclic) bond motifs is 1. The number of benzene rings is 1. The molecule has 1 unspecified atom stereocenters. The lowest BCUT2D eigenvalue weighted by atomic mass is 10.1. The smallest absolute Gasteiger partial charge is 0.321 e. The minimum absolute atomic E-state index is 0.108. The molecule has 25 heavy (non-hydrogen) atoms. The molecule has 2 rings (SSSR count). The second-order valence-electron chi connectivity index (χ2n) is 6.13. The van der Waals surface area contributed by atoms with Gasteiger partial charge in [0.2, 0.25) is 0 Å². The van der Waals surface area contributed by atoms with Gasteiger partial charge in [0.25, 0.3) is 0 Å². The van der Waals surface area contributed by atoms with Gasteiger partial charge in [-0.15, -0.1) is 0 Å². The average molecular weight is 348 g/mol. The van der Waals surface area contributed by atoms with Gasteiger partial charge < -0.3 is 20.6 Å². The number of carbonyl (C=O) groups is 3. The van der Waals surface area contributed by atoms with Crippen molar-refractivity contribution in [3.8, 4) is 0 Å². The highest BCUT2D eigenvalue weighted by molar-refractivity contribution is 5.96. The van der Waals surface area contributed by atoms with Crippen molar-refractivity contribution in [3.05, 3.63) is 23.8 Å². The fourth-order valence-electron chi connectivity index (χ4n) is 2.71. The molecular formula is C17H24N4O4. The van der Waals surface area contributed by atoms with E-state index in [1.807, 2.05) is 13.0 Å². The van der Waals surface area contributed by atoms with E-state index in [0.29, 0.717) is 18.8 Å². The van der Waals surface area contributed by atoms with Crippen molar-refractivity contribution in [2.45, 2.75) is 20.3 Å². The molecule has 1 heterocycles. The van der Waals surface area contributed by atoms with E-state index in [9.17, 15) is 14.4 Å². The molecule has 1 aromatic carbocycles. The van der Waals surface area contributed by atoms with Crippen LogP contribution in [0, 0.1) is 5.92 Å². The van der Waals surface area contributed by atoms with Gasteiger partial charge in [0.1, 0.15) is 0 Å². The molecule has 0 saturated carbocycles. The first kappa shape index (κ1) is 18.6. The Hall–Kier alpha value is -2.77. The number of amides is 4. The normalized spacial score (nSPS) is 13.8. The molecule has 1 aliphatic rings. The number of hydrogen-bond donors (Lipinski definition) is 3. The van der Waals surface area contributed by atoms with Gasteiger partial charge in [0, 0.05) is 32.4 Å². The van der Waals surface area contributed by atoms with Crippen LogP contribution in [0.2, 0.25) is 0 Å². The number of anilines is 2. The second-order valence-corrected chi connectivity index (χ2v) is 6.13. The molecule has 1 aromatic rings. The Bertz CT molecular complexity index is 677. The van der Waals surface area contributed by atoms with Crippen molar-refractivity contribution in [1.29, 1.82) is 0 Å². The third-order valence-corrected chi connectivity index (χ3v) is 4.12. The number of carboxylic acid groups (broad SMARTS) is 1. The highest BCUT2D eigenvalue weighted by Gasteiger charge is 2.25. The zero-order chi connectivity index (χ0) is 18.6. The first-order valence-corrected chi connectivity index (χ1v) is 8.26. The van der Waals surface area contributed by atoms with Crippen molar-refractivity contribution < 1.29 is 19.5 Å². The summed E-state index contributed by atoms with van der Waals surface area (Å²) < 4.78 is 0. The van der Waals surface area contributed by atoms with E-state index in [2.05, 4.69) is 10.6 Å². The zero-order valence-electron chi connectivity index (χ0n) is 14.7. The quantitative estimate of drug-likeness (QED) is 0.757. The number of carbonyl (C=O) groups excluding carboxylic acids is 2. The Morgan fingerprint density at radius 3 is 2.72 bits per heavy atom. The number of aliphatic carboxylic acids is 1. The van der Waals surface area contributed by atoms with Crippen LogP contribution in [0.15, 0.2) is 18.2 Å². The largest absolute Gasteiger partial charge is 0.481 e. The summed E-state index contributed by atoms with van der Waals surface area (Å²) in [5.74, 6) is -1.60. The van der Waals surface area contributed by atoms with E-state index >= 15 is 0 Å². The van der Waals surface area contributed by atoms with Gasteiger partial charge in [0.15, 0.2) is 0 Å². The van der Waals surface area contributed by atoms with Crippen LogP contribution in [0.1, 0.15) is 19.4 Å². The Morgan fingerprint density at radius 2 is 2.08 bits per heavy atom. The van der Waals surface area contributed by atoms with Crippen molar-refractivity contribution in [3.63, 3.8) is 0 Å². The monoisotopic (exact) mass is 348 g/mol. The highest BCUT2D eigenvalue weighted by atomic mass is 16.4. The lowest BCUT2D eigenvalue weighted by molar-refractivity contribution is -0.141. The average Bonchev–Trinajstić information content (AvgIpc) is 2.98. The van der Waals surface area contributed by atoms with Crippen LogP contribution >= 0.6 is 0 Å². The molecule has 136 valence electrons. The molecule has 1 atom stereocenters. The van der Waals surface area contributed by atoms with Crippen LogP contribution in [0.4, 0.5) is 21.0 Å². The highest BCUT2D eigenvalue weighted by Crippen LogP contribution is 2.31. The molecule has 4 amide bonds. The first-order valence-electron chi connectivity index (χ1n) is 8.26. The maximum atomic E-state index is 12.2. The van der Waals surface area contributed by atoms with Crippen LogP contribution in [0.25, 0.3) is 0 Å². The molecule has 0 radical (unpaired) electrons. The Morgan fingerprint density at radius 1 is 1.36 bits per heavy atom. The molecule has 0 fully saturated rings. The van der Waals surface area contributed by atoms with Crippen LogP contribution in [0.3, 0.4) is 0 Å². The summed E-state index contributed by atoms with van der Waals surface area (Å²) in [6.45, 7) is 4.67. The standard InChI is InChI=1S/C17H24N4O4/c1-4-18-16(24)21-8-7-12-5-6-13(9-14(12)21)19-17(25)20(3)10-11(2)15(22)23/h5-6,9,11H,4,7-8,10H2,1-3H3,(H,18,24)(H,19,25)(H,22,23). The van der Waals surface area contributed by atoms with Gasteiger partial charge in [-0.3, -0.25) is 9.69 Å².